The minimum Gasteiger partial charge on any atom is -0.379 e. The largest absolute Gasteiger partial charge is 0.379 e. The van der Waals surface area contributed by atoms with Gasteiger partial charge in [0.25, 0.3) is 0 Å². The first-order chi connectivity index (χ1) is 8.20. The third kappa shape index (κ3) is 2.65. The van der Waals surface area contributed by atoms with Gasteiger partial charge >= 0.3 is 0 Å². The van der Waals surface area contributed by atoms with Gasteiger partial charge in [0.1, 0.15) is 5.82 Å². The molecular formula is C13H16FN3. The average molecular weight is 233 g/mol. The molecule has 0 aliphatic heterocycles. The van der Waals surface area contributed by atoms with Crippen molar-refractivity contribution in [2.24, 2.45) is 12.8 Å². The minimum absolute atomic E-state index is 0.234. The average Bonchev–Trinajstić information content (AvgIpc) is 2.69. The Hall–Kier alpha value is -1.81. The highest BCUT2D eigenvalue weighted by Gasteiger charge is 2.03. The van der Waals surface area contributed by atoms with Crippen LogP contribution in [0.15, 0.2) is 36.5 Å². The van der Waals surface area contributed by atoms with Gasteiger partial charge in [0.15, 0.2) is 0 Å². The van der Waals surface area contributed by atoms with Gasteiger partial charge in [0.2, 0.25) is 0 Å². The van der Waals surface area contributed by atoms with Gasteiger partial charge in [-0.25, -0.2) is 4.39 Å². The molecular weight excluding hydrogens is 217 g/mol. The number of hydrogen-bond acceptors (Lipinski definition) is 2. The van der Waals surface area contributed by atoms with Gasteiger partial charge in [-0.15, -0.1) is 0 Å². The van der Waals surface area contributed by atoms with Gasteiger partial charge in [-0.3, -0.25) is 0 Å². The molecule has 0 fully saturated rings. The van der Waals surface area contributed by atoms with Gasteiger partial charge in [0, 0.05) is 32.0 Å². The third-order valence-electron chi connectivity index (χ3n) is 2.73. The molecule has 0 aliphatic rings. The molecule has 4 heteroatoms. The quantitative estimate of drug-likeness (QED) is 0.850. The van der Waals surface area contributed by atoms with E-state index in [1.54, 1.807) is 12.1 Å². The summed E-state index contributed by atoms with van der Waals surface area (Å²) in [5, 5.41) is 3.06. The summed E-state index contributed by atoms with van der Waals surface area (Å²) in [4.78, 5) is 0. The molecule has 1 aromatic carbocycles. The number of nitrogens with zero attached hydrogens (tertiary/aromatic N) is 1. The van der Waals surface area contributed by atoms with E-state index in [-0.39, 0.29) is 5.82 Å². The third-order valence-corrected chi connectivity index (χ3v) is 2.73. The van der Waals surface area contributed by atoms with Gasteiger partial charge in [-0.1, -0.05) is 12.1 Å². The maximum atomic E-state index is 13.4. The zero-order valence-corrected chi connectivity index (χ0v) is 9.78. The first-order valence-corrected chi connectivity index (χ1v) is 5.53. The van der Waals surface area contributed by atoms with Crippen LogP contribution in [-0.4, -0.2) is 4.57 Å². The Bertz CT molecular complexity index is 505. The number of nitrogens with two attached hydrogens (primary N) is 1. The van der Waals surface area contributed by atoms with Crippen molar-refractivity contribution < 1.29 is 4.39 Å². The van der Waals surface area contributed by atoms with E-state index in [2.05, 4.69) is 5.32 Å². The Morgan fingerprint density at radius 2 is 2.12 bits per heavy atom. The fraction of sp³-hybridized carbons (Fsp3) is 0.231. The fourth-order valence-electron chi connectivity index (χ4n) is 1.79. The lowest BCUT2D eigenvalue weighted by Gasteiger charge is -2.05. The Labute approximate surface area is 100 Å². The molecule has 0 spiro atoms. The van der Waals surface area contributed by atoms with E-state index in [4.69, 9.17) is 5.73 Å². The molecule has 0 saturated heterocycles. The highest BCUT2D eigenvalue weighted by molar-refractivity contribution is 5.44. The zero-order valence-electron chi connectivity index (χ0n) is 9.78. The van der Waals surface area contributed by atoms with Crippen molar-refractivity contribution >= 4 is 5.69 Å². The van der Waals surface area contributed by atoms with Crippen molar-refractivity contribution in [2.75, 3.05) is 5.32 Å². The topological polar surface area (TPSA) is 43.0 Å². The van der Waals surface area contributed by atoms with Crippen LogP contribution in [0.3, 0.4) is 0 Å². The molecule has 0 bridgehead atoms. The van der Waals surface area contributed by atoms with E-state index >= 15 is 0 Å². The number of hydrogen-bond donors (Lipinski definition) is 2. The highest BCUT2D eigenvalue weighted by Crippen LogP contribution is 2.14. The Kier molecular flexibility index (Phi) is 3.44. The van der Waals surface area contributed by atoms with E-state index in [0.29, 0.717) is 18.8 Å². The lowest BCUT2D eigenvalue weighted by atomic mass is 10.2. The Morgan fingerprint density at radius 1 is 1.35 bits per heavy atom. The molecule has 90 valence electrons. The van der Waals surface area contributed by atoms with Crippen molar-refractivity contribution in [1.29, 1.82) is 0 Å². The standard InChI is InChI=1S/C13H16FN3/c1-17-9-10(6-11(17)7-15)8-16-13-5-3-2-4-12(13)14/h2-6,9,16H,7-8,15H2,1H3. The lowest BCUT2D eigenvalue weighted by Crippen LogP contribution is -2.01. The van der Waals surface area contributed by atoms with Crippen molar-refractivity contribution in [3.05, 3.63) is 53.6 Å². The molecule has 1 aromatic heterocycles. The number of aryl methyl sites for hydroxylation is 1. The molecule has 2 aromatic rings. The van der Waals surface area contributed by atoms with Gasteiger partial charge < -0.3 is 15.6 Å². The summed E-state index contributed by atoms with van der Waals surface area (Å²) < 4.78 is 15.3. The molecule has 0 aliphatic carbocycles. The van der Waals surface area contributed by atoms with Crippen LogP contribution in [-0.2, 0) is 20.1 Å². The zero-order chi connectivity index (χ0) is 12.3. The number of halogens is 1. The first-order valence-electron chi connectivity index (χ1n) is 5.53. The summed E-state index contributed by atoms with van der Waals surface area (Å²) in [6.07, 6.45) is 2.00. The molecule has 2 rings (SSSR count). The summed E-state index contributed by atoms with van der Waals surface area (Å²) in [6.45, 7) is 1.10. The van der Waals surface area contributed by atoms with E-state index in [1.165, 1.54) is 6.07 Å². The number of para-hydroxylation sites is 1. The molecule has 3 N–H and O–H groups in total. The van der Waals surface area contributed by atoms with Crippen LogP contribution in [0.1, 0.15) is 11.3 Å². The van der Waals surface area contributed by atoms with E-state index in [9.17, 15) is 4.39 Å². The fourth-order valence-corrected chi connectivity index (χ4v) is 1.79. The lowest BCUT2D eigenvalue weighted by molar-refractivity contribution is 0.630. The van der Waals surface area contributed by atoms with Crippen LogP contribution in [0.4, 0.5) is 10.1 Å². The SMILES string of the molecule is Cn1cc(CNc2ccccc2F)cc1CN. The maximum Gasteiger partial charge on any atom is 0.146 e. The highest BCUT2D eigenvalue weighted by atomic mass is 19.1. The Balaban J connectivity index is 2.05. The number of benzene rings is 1. The summed E-state index contributed by atoms with van der Waals surface area (Å²) in [7, 11) is 1.95. The summed E-state index contributed by atoms with van der Waals surface area (Å²) in [6, 6.07) is 8.67. The molecule has 0 radical (unpaired) electrons. The van der Waals surface area contributed by atoms with E-state index < -0.39 is 0 Å². The Morgan fingerprint density at radius 3 is 2.76 bits per heavy atom. The second kappa shape index (κ2) is 5.01. The first kappa shape index (κ1) is 11.7. The van der Waals surface area contributed by atoms with Gasteiger partial charge in [0.05, 0.1) is 5.69 Å². The molecule has 0 unspecified atom stereocenters. The molecule has 3 nitrogen and oxygen atoms in total. The molecule has 1 heterocycles. The molecule has 0 atom stereocenters. The normalized spacial score (nSPS) is 10.5. The number of rotatable bonds is 4. The molecule has 0 amide bonds. The van der Waals surface area contributed by atoms with Crippen LogP contribution in [0, 0.1) is 5.82 Å². The monoisotopic (exact) mass is 233 g/mol. The summed E-state index contributed by atoms with van der Waals surface area (Å²) in [5.74, 6) is -0.234. The predicted octanol–water partition coefficient (Wildman–Crippen LogP) is 2.23. The van der Waals surface area contributed by atoms with Crippen LogP contribution >= 0.6 is 0 Å². The second-order valence-corrected chi connectivity index (χ2v) is 3.99. The van der Waals surface area contributed by atoms with Gasteiger partial charge in [-0.2, -0.15) is 0 Å². The second-order valence-electron chi connectivity index (χ2n) is 3.99. The van der Waals surface area contributed by atoms with Crippen molar-refractivity contribution in [2.45, 2.75) is 13.1 Å². The number of anilines is 1. The minimum atomic E-state index is -0.234. The number of nitrogens with one attached hydrogen (secondary N) is 1. The van der Waals surface area contributed by atoms with Gasteiger partial charge in [-0.05, 0) is 23.8 Å². The molecule has 0 saturated carbocycles. The van der Waals surface area contributed by atoms with E-state index in [0.717, 1.165) is 11.3 Å². The van der Waals surface area contributed by atoms with Crippen LogP contribution in [0.25, 0.3) is 0 Å². The van der Waals surface area contributed by atoms with Crippen LogP contribution < -0.4 is 11.1 Å². The van der Waals surface area contributed by atoms with Crippen molar-refractivity contribution in [3.8, 4) is 0 Å². The maximum absolute atomic E-state index is 13.4. The molecule has 17 heavy (non-hydrogen) atoms. The van der Waals surface area contributed by atoms with E-state index in [1.807, 2.05) is 29.9 Å². The number of aromatic nitrogens is 1. The van der Waals surface area contributed by atoms with Crippen molar-refractivity contribution in [3.63, 3.8) is 0 Å². The summed E-state index contributed by atoms with van der Waals surface area (Å²) in [5.41, 5.74) is 8.27. The smallest absolute Gasteiger partial charge is 0.146 e. The summed E-state index contributed by atoms with van der Waals surface area (Å²) >= 11 is 0. The van der Waals surface area contributed by atoms with Crippen LogP contribution in [0.5, 0.6) is 0 Å². The van der Waals surface area contributed by atoms with Crippen LogP contribution in [0.2, 0.25) is 0 Å². The predicted molar refractivity (Wildman–Crippen MR) is 67.0 cm³/mol. The van der Waals surface area contributed by atoms with Crippen molar-refractivity contribution in [1.82, 2.24) is 4.57 Å².